The number of alkyl halides is 1. The maximum atomic E-state index is 13.9. The Morgan fingerprint density at radius 1 is 0.784 bits per heavy atom. The minimum atomic E-state index is -0.195. The predicted molar refractivity (Wildman–Crippen MR) is 146 cm³/mol. The number of pyridine rings is 1. The molecule has 0 amide bonds. The summed E-state index contributed by atoms with van der Waals surface area (Å²) in [6.07, 6.45) is 0.712. The van der Waals surface area contributed by atoms with Crippen LogP contribution in [0.2, 0.25) is 0 Å². The van der Waals surface area contributed by atoms with Gasteiger partial charge in [-0.25, -0.2) is 0 Å². The van der Waals surface area contributed by atoms with Crippen LogP contribution in [0.15, 0.2) is 59.4 Å². The average molecular weight is 564 g/mol. The number of hydrogen-bond donors (Lipinski definition) is 0. The quantitative estimate of drug-likeness (QED) is 0.217. The molecule has 1 aliphatic carbocycles. The molecule has 0 aliphatic heterocycles. The molecule has 7 nitrogen and oxygen atoms in total. The van der Waals surface area contributed by atoms with Gasteiger partial charge in [0.15, 0.2) is 28.8 Å². The third-order valence-corrected chi connectivity index (χ3v) is 7.12. The average Bonchev–Trinajstić information content (AvgIpc) is 3.22. The van der Waals surface area contributed by atoms with Crippen molar-refractivity contribution in [1.82, 2.24) is 4.57 Å². The highest BCUT2D eigenvalue weighted by Gasteiger charge is 2.35. The fourth-order valence-electron chi connectivity index (χ4n) is 4.80. The topological polar surface area (TPSA) is 76.0 Å². The molecule has 0 saturated heterocycles. The number of nitrogens with zero attached hydrogens (tertiary/aromatic N) is 1. The summed E-state index contributed by atoms with van der Waals surface area (Å²) in [5, 5.41) is 1.65. The molecule has 8 heteroatoms. The van der Waals surface area contributed by atoms with Crippen molar-refractivity contribution in [3.05, 3.63) is 81.6 Å². The largest absolute Gasteiger partial charge is 0.493 e. The first-order valence-electron chi connectivity index (χ1n) is 11.8. The van der Waals surface area contributed by atoms with Gasteiger partial charge >= 0.3 is 0 Å². The summed E-state index contributed by atoms with van der Waals surface area (Å²) in [7, 11) is 4.60. The van der Waals surface area contributed by atoms with Crippen molar-refractivity contribution in [1.29, 1.82) is 0 Å². The van der Waals surface area contributed by atoms with Crippen LogP contribution in [0.25, 0.3) is 22.0 Å². The van der Waals surface area contributed by atoms with Crippen LogP contribution < -0.4 is 24.5 Å². The third kappa shape index (κ3) is 4.25. The lowest BCUT2D eigenvalue weighted by molar-refractivity contribution is 0.104. The van der Waals surface area contributed by atoms with Crippen LogP contribution in [0.4, 0.5) is 0 Å². The number of fused-ring (bicyclic) bond motifs is 5. The molecule has 5 rings (SSSR count). The van der Waals surface area contributed by atoms with E-state index in [4.69, 9.17) is 18.9 Å². The van der Waals surface area contributed by atoms with E-state index in [0.29, 0.717) is 81.1 Å². The van der Waals surface area contributed by atoms with E-state index in [1.807, 2.05) is 30.3 Å². The highest BCUT2D eigenvalue weighted by Crippen LogP contribution is 2.46. The Kier molecular flexibility index (Phi) is 6.93. The van der Waals surface area contributed by atoms with Crippen LogP contribution in [0.3, 0.4) is 0 Å². The van der Waals surface area contributed by atoms with E-state index in [1.165, 1.54) is 14.2 Å². The first-order valence-corrected chi connectivity index (χ1v) is 13.0. The van der Waals surface area contributed by atoms with Gasteiger partial charge in [0.2, 0.25) is 0 Å². The molecule has 0 unspecified atom stereocenters. The summed E-state index contributed by atoms with van der Waals surface area (Å²) in [5.41, 5.74) is 2.95. The fraction of sp³-hybridized carbons (Fsp3) is 0.241. The van der Waals surface area contributed by atoms with E-state index in [9.17, 15) is 9.59 Å². The first-order chi connectivity index (χ1) is 18.0. The smallest absolute Gasteiger partial charge is 0.259 e. The third-order valence-electron chi connectivity index (χ3n) is 6.56. The Morgan fingerprint density at radius 3 is 2.05 bits per heavy atom. The van der Waals surface area contributed by atoms with Crippen molar-refractivity contribution < 1.29 is 23.7 Å². The van der Waals surface area contributed by atoms with Gasteiger partial charge in [-0.15, -0.1) is 0 Å². The van der Waals surface area contributed by atoms with Gasteiger partial charge < -0.3 is 23.5 Å². The van der Waals surface area contributed by atoms with Crippen molar-refractivity contribution >= 4 is 32.5 Å². The van der Waals surface area contributed by atoms with Gasteiger partial charge in [-0.3, -0.25) is 9.59 Å². The maximum absolute atomic E-state index is 13.9. The number of rotatable bonds is 9. The van der Waals surface area contributed by atoms with Gasteiger partial charge in [0.1, 0.15) is 6.61 Å². The Balaban J connectivity index is 1.72. The lowest BCUT2D eigenvalue weighted by atomic mass is 10.0. The van der Waals surface area contributed by atoms with Crippen LogP contribution >= 0.6 is 15.9 Å². The summed E-state index contributed by atoms with van der Waals surface area (Å²) >= 11 is 3.46. The number of hydrogen-bond acceptors (Lipinski definition) is 6. The molecule has 1 heterocycles. The molecule has 0 N–H and O–H groups in total. The summed E-state index contributed by atoms with van der Waals surface area (Å²) in [6, 6.07) is 16.6. The first kappa shape index (κ1) is 24.9. The van der Waals surface area contributed by atoms with E-state index in [1.54, 1.807) is 35.9 Å². The van der Waals surface area contributed by atoms with Crippen LogP contribution in [-0.4, -0.2) is 37.0 Å². The van der Waals surface area contributed by atoms with Gasteiger partial charge in [0.25, 0.3) is 5.56 Å². The zero-order chi connectivity index (χ0) is 26.1. The number of ketones is 1. The van der Waals surface area contributed by atoms with Crippen LogP contribution in [-0.2, 0) is 13.2 Å². The maximum Gasteiger partial charge on any atom is 0.259 e. The van der Waals surface area contributed by atoms with Crippen LogP contribution in [0.1, 0.15) is 27.9 Å². The number of halogens is 1. The molecule has 1 aliphatic rings. The molecular weight excluding hydrogens is 538 g/mol. The van der Waals surface area contributed by atoms with Gasteiger partial charge in [0.05, 0.1) is 38.0 Å². The Hall–Kier alpha value is -3.78. The molecule has 3 aromatic carbocycles. The highest BCUT2D eigenvalue weighted by atomic mass is 79.9. The van der Waals surface area contributed by atoms with E-state index >= 15 is 0 Å². The van der Waals surface area contributed by atoms with E-state index in [0.717, 1.165) is 5.56 Å². The van der Waals surface area contributed by atoms with Crippen molar-refractivity contribution in [3.8, 4) is 34.3 Å². The molecule has 0 bridgehead atoms. The van der Waals surface area contributed by atoms with E-state index < -0.39 is 0 Å². The molecule has 0 fully saturated rings. The summed E-state index contributed by atoms with van der Waals surface area (Å²) in [6.45, 7) is 0.769. The number of ether oxygens (including phenoxy) is 4. The minimum absolute atomic E-state index is 0.179. The monoisotopic (exact) mass is 563 g/mol. The molecule has 4 aromatic rings. The Labute approximate surface area is 222 Å². The van der Waals surface area contributed by atoms with E-state index in [2.05, 4.69) is 15.9 Å². The van der Waals surface area contributed by atoms with Gasteiger partial charge in [0, 0.05) is 28.4 Å². The molecule has 0 radical (unpaired) electrons. The van der Waals surface area contributed by atoms with Crippen LogP contribution in [0.5, 0.6) is 23.0 Å². The Bertz CT molecular complexity index is 1560. The number of carbonyl (C=O) groups is 1. The lowest BCUT2D eigenvalue weighted by Gasteiger charge is -2.17. The summed E-state index contributed by atoms with van der Waals surface area (Å²) in [4.78, 5) is 27.7. The van der Waals surface area contributed by atoms with Crippen molar-refractivity contribution in [2.24, 2.45) is 0 Å². The lowest BCUT2D eigenvalue weighted by Crippen LogP contribution is -2.23. The van der Waals surface area contributed by atoms with Gasteiger partial charge in [-0.1, -0.05) is 46.3 Å². The molecule has 0 saturated carbocycles. The van der Waals surface area contributed by atoms with Crippen molar-refractivity contribution in [3.63, 3.8) is 0 Å². The molecule has 0 spiro atoms. The predicted octanol–water partition coefficient (Wildman–Crippen LogP) is 5.60. The van der Waals surface area contributed by atoms with Crippen molar-refractivity contribution in [2.75, 3.05) is 26.7 Å². The molecule has 0 atom stereocenters. The molecule has 1 aromatic heterocycles. The minimum Gasteiger partial charge on any atom is -0.493 e. The number of methoxy groups -OCH3 is 3. The summed E-state index contributed by atoms with van der Waals surface area (Å²) in [5.74, 6) is 1.65. The number of carbonyl (C=O) groups excluding carboxylic acids is 1. The van der Waals surface area contributed by atoms with Crippen LogP contribution in [0, 0.1) is 0 Å². The second-order valence-electron chi connectivity index (χ2n) is 8.63. The highest BCUT2D eigenvalue weighted by molar-refractivity contribution is 9.09. The second-order valence-corrected chi connectivity index (χ2v) is 9.42. The number of benzene rings is 3. The Morgan fingerprint density at radius 2 is 1.41 bits per heavy atom. The normalized spacial score (nSPS) is 11.8. The zero-order valence-electron chi connectivity index (χ0n) is 20.8. The van der Waals surface area contributed by atoms with E-state index in [-0.39, 0.29) is 11.3 Å². The molecular formula is C29H26BrNO6. The molecule has 37 heavy (non-hydrogen) atoms. The van der Waals surface area contributed by atoms with Gasteiger partial charge in [-0.05, 0) is 36.2 Å². The van der Waals surface area contributed by atoms with Crippen molar-refractivity contribution in [2.45, 2.75) is 19.6 Å². The summed E-state index contributed by atoms with van der Waals surface area (Å²) < 4.78 is 24.3. The SMILES string of the molecule is COc1cc2c3c(n(CCCBr)c(=O)c2cc1OC)-c1cc(OC)c(OCc2ccccc2)cc1C3=O. The standard InChI is InChI=1S/C29H26BrNO6/c1-34-22-12-18-21(15-23(22)35-2)29(33)31(11-7-10-30)27-19-13-24(36-3)25(14-20(19)28(32)26(18)27)37-16-17-8-5-4-6-9-17/h4-6,8-9,12-15H,7,10-11,16H2,1-3H3. The fourth-order valence-corrected chi connectivity index (χ4v) is 5.05. The van der Waals surface area contributed by atoms with Gasteiger partial charge in [-0.2, -0.15) is 0 Å². The number of aromatic nitrogens is 1. The zero-order valence-corrected chi connectivity index (χ0v) is 22.4. The second kappa shape index (κ2) is 10.3. The molecule has 190 valence electrons.